The number of aryl methyl sites for hydroxylation is 1. The molecule has 0 unspecified atom stereocenters. The molecule has 0 aliphatic heterocycles. The van der Waals surface area contributed by atoms with Crippen LogP contribution in [0.15, 0.2) is 48.5 Å². The summed E-state index contributed by atoms with van der Waals surface area (Å²) < 4.78 is 0. The molecule has 0 aliphatic rings. The van der Waals surface area contributed by atoms with E-state index in [2.05, 4.69) is 5.32 Å². The molecule has 0 saturated heterocycles. The lowest BCUT2D eigenvalue weighted by Crippen LogP contribution is -2.51. The predicted molar refractivity (Wildman–Crippen MR) is 119 cm³/mol. The van der Waals surface area contributed by atoms with Crippen molar-refractivity contribution in [3.63, 3.8) is 0 Å². The van der Waals surface area contributed by atoms with Gasteiger partial charge in [0.2, 0.25) is 11.8 Å². The lowest BCUT2D eigenvalue weighted by Gasteiger charge is -2.31. The number of rotatable bonds is 9. The van der Waals surface area contributed by atoms with Crippen molar-refractivity contribution in [3.05, 3.63) is 70.2 Å². The van der Waals surface area contributed by atoms with Crippen LogP contribution in [0.3, 0.4) is 0 Å². The van der Waals surface area contributed by atoms with Gasteiger partial charge in [-0.1, -0.05) is 67.4 Å². The molecule has 0 heterocycles. The first-order valence-corrected chi connectivity index (χ1v) is 10.6. The van der Waals surface area contributed by atoms with E-state index < -0.39 is 6.04 Å². The van der Waals surface area contributed by atoms with Crippen LogP contribution in [-0.4, -0.2) is 28.8 Å². The van der Waals surface area contributed by atoms with Crippen molar-refractivity contribution in [2.75, 3.05) is 0 Å². The zero-order valence-electron chi connectivity index (χ0n) is 17.7. The topological polar surface area (TPSA) is 49.4 Å². The normalized spacial score (nSPS) is 12.9. The molecule has 0 aliphatic carbocycles. The first kappa shape index (κ1) is 23.0. The lowest BCUT2D eigenvalue weighted by atomic mass is 10.1. The smallest absolute Gasteiger partial charge is 0.243 e. The summed E-state index contributed by atoms with van der Waals surface area (Å²) in [5.74, 6) is -0.169. The van der Waals surface area contributed by atoms with Crippen LogP contribution < -0.4 is 5.32 Å². The Labute approximate surface area is 179 Å². The number of hydrogen-bond acceptors (Lipinski definition) is 2. The van der Waals surface area contributed by atoms with E-state index in [4.69, 9.17) is 11.6 Å². The molecule has 29 heavy (non-hydrogen) atoms. The van der Waals surface area contributed by atoms with Crippen molar-refractivity contribution < 1.29 is 9.59 Å². The predicted octanol–water partition coefficient (Wildman–Crippen LogP) is 4.91. The Morgan fingerprint density at radius 3 is 2.10 bits per heavy atom. The maximum Gasteiger partial charge on any atom is 0.243 e. The maximum atomic E-state index is 13.2. The van der Waals surface area contributed by atoms with Crippen molar-refractivity contribution in [2.45, 2.75) is 65.6 Å². The largest absolute Gasteiger partial charge is 0.352 e. The van der Waals surface area contributed by atoms with Gasteiger partial charge in [-0.05, 0) is 49.9 Å². The highest BCUT2D eigenvalue weighted by atomic mass is 35.5. The molecule has 1 N–H and O–H groups in total. The van der Waals surface area contributed by atoms with Gasteiger partial charge in [0.1, 0.15) is 6.04 Å². The summed E-state index contributed by atoms with van der Waals surface area (Å²) in [7, 11) is 0. The molecule has 4 nitrogen and oxygen atoms in total. The van der Waals surface area contributed by atoms with Gasteiger partial charge in [0.05, 0.1) is 6.42 Å². The van der Waals surface area contributed by atoms with Gasteiger partial charge in [-0.25, -0.2) is 0 Å². The number of halogens is 1. The fourth-order valence-corrected chi connectivity index (χ4v) is 3.26. The molecule has 156 valence electrons. The Balaban J connectivity index is 2.26. The third-order valence-corrected chi connectivity index (χ3v) is 5.38. The summed E-state index contributed by atoms with van der Waals surface area (Å²) >= 11 is 5.96. The molecule has 0 spiro atoms. The molecule has 2 rings (SSSR count). The number of nitrogens with zero attached hydrogens (tertiary/aromatic N) is 1. The summed E-state index contributed by atoms with van der Waals surface area (Å²) in [5.41, 5.74) is 3.05. The van der Waals surface area contributed by atoms with Crippen LogP contribution in [0.1, 0.15) is 50.3 Å². The quantitative estimate of drug-likeness (QED) is 0.633. The molecule has 0 radical (unpaired) electrons. The van der Waals surface area contributed by atoms with Crippen LogP contribution in [-0.2, 0) is 22.6 Å². The molecule has 0 fully saturated rings. The van der Waals surface area contributed by atoms with Gasteiger partial charge in [0.15, 0.2) is 0 Å². The molecule has 0 saturated carbocycles. The minimum atomic E-state index is -0.509. The van der Waals surface area contributed by atoms with Crippen LogP contribution >= 0.6 is 11.6 Å². The standard InChI is InChI=1S/C24H31ClN2O2/c1-5-18(4)26-24(29)22(6-2)27(16-20-9-7-17(3)8-10-20)23(28)15-19-11-13-21(25)14-12-19/h7-14,18,22H,5-6,15-16H2,1-4H3,(H,26,29)/t18-,22-/m1/s1. The molecule has 0 aromatic heterocycles. The second-order valence-corrected chi connectivity index (χ2v) is 7.99. The van der Waals surface area contributed by atoms with Gasteiger partial charge in [-0.15, -0.1) is 0 Å². The number of hydrogen-bond donors (Lipinski definition) is 1. The fraction of sp³-hybridized carbons (Fsp3) is 0.417. The molecule has 2 aromatic carbocycles. The Bertz CT molecular complexity index is 803. The van der Waals surface area contributed by atoms with Gasteiger partial charge in [-0.2, -0.15) is 0 Å². The zero-order chi connectivity index (χ0) is 21.4. The summed E-state index contributed by atoms with van der Waals surface area (Å²) in [6.45, 7) is 8.38. The van der Waals surface area contributed by atoms with Crippen molar-refractivity contribution in [1.29, 1.82) is 0 Å². The molecule has 0 bridgehead atoms. The highest BCUT2D eigenvalue weighted by molar-refractivity contribution is 6.30. The second-order valence-electron chi connectivity index (χ2n) is 7.55. The molecule has 2 atom stereocenters. The number of carbonyl (C=O) groups is 2. The highest BCUT2D eigenvalue weighted by Gasteiger charge is 2.29. The molecule has 2 aromatic rings. The molecule has 2 amide bonds. The SMILES string of the molecule is CC[C@@H](C)NC(=O)[C@@H](CC)N(Cc1ccc(C)cc1)C(=O)Cc1ccc(Cl)cc1. The Hall–Kier alpha value is -2.33. The van der Waals surface area contributed by atoms with E-state index in [0.29, 0.717) is 18.0 Å². The summed E-state index contributed by atoms with van der Waals surface area (Å²) in [6.07, 6.45) is 1.63. The number of carbonyl (C=O) groups excluding carboxylic acids is 2. The van der Waals surface area contributed by atoms with Gasteiger partial charge in [0, 0.05) is 17.6 Å². The van der Waals surface area contributed by atoms with Crippen molar-refractivity contribution >= 4 is 23.4 Å². The van der Waals surface area contributed by atoms with E-state index in [-0.39, 0.29) is 24.3 Å². The number of benzene rings is 2. The minimum Gasteiger partial charge on any atom is -0.352 e. The third kappa shape index (κ3) is 6.90. The average molecular weight is 415 g/mol. The van der Waals surface area contributed by atoms with Crippen molar-refractivity contribution in [3.8, 4) is 0 Å². The van der Waals surface area contributed by atoms with Crippen LogP contribution in [0.25, 0.3) is 0 Å². The summed E-state index contributed by atoms with van der Waals surface area (Å²) in [4.78, 5) is 27.9. The summed E-state index contributed by atoms with van der Waals surface area (Å²) in [5, 5.41) is 3.67. The van der Waals surface area contributed by atoms with Gasteiger partial charge >= 0.3 is 0 Å². The average Bonchev–Trinajstić information content (AvgIpc) is 2.70. The van der Waals surface area contributed by atoms with E-state index in [1.807, 2.05) is 64.1 Å². The van der Waals surface area contributed by atoms with Crippen LogP contribution in [0.4, 0.5) is 0 Å². The van der Waals surface area contributed by atoms with Crippen LogP contribution in [0.2, 0.25) is 5.02 Å². The molecular formula is C24H31ClN2O2. The van der Waals surface area contributed by atoms with Gasteiger partial charge in [-0.3, -0.25) is 9.59 Å². The van der Waals surface area contributed by atoms with E-state index in [1.165, 1.54) is 0 Å². The molecular weight excluding hydrogens is 384 g/mol. The monoisotopic (exact) mass is 414 g/mol. The maximum absolute atomic E-state index is 13.2. The van der Waals surface area contributed by atoms with Crippen molar-refractivity contribution in [1.82, 2.24) is 10.2 Å². The second kappa shape index (κ2) is 11.0. The number of amides is 2. The zero-order valence-corrected chi connectivity index (χ0v) is 18.5. The van der Waals surface area contributed by atoms with Gasteiger partial charge in [0.25, 0.3) is 0 Å². The third-order valence-electron chi connectivity index (χ3n) is 5.13. The first-order valence-electron chi connectivity index (χ1n) is 10.2. The Kier molecular flexibility index (Phi) is 8.71. The number of nitrogens with one attached hydrogen (secondary N) is 1. The highest BCUT2D eigenvalue weighted by Crippen LogP contribution is 2.17. The fourth-order valence-electron chi connectivity index (χ4n) is 3.13. The Morgan fingerprint density at radius 2 is 1.55 bits per heavy atom. The Morgan fingerprint density at radius 1 is 0.966 bits per heavy atom. The van der Waals surface area contributed by atoms with Gasteiger partial charge < -0.3 is 10.2 Å². The summed E-state index contributed by atoms with van der Waals surface area (Å²) in [6, 6.07) is 14.9. The van der Waals surface area contributed by atoms with Crippen molar-refractivity contribution in [2.24, 2.45) is 0 Å². The van der Waals surface area contributed by atoms with Crippen LogP contribution in [0.5, 0.6) is 0 Å². The van der Waals surface area contributed by atoms with E-state index in [1.54, 1.807) is 17.0 Å². The van der Waals surface area contributed by atoms with E-state index in [0.717, 1.165) is 23.1 Å². The minimum absolute atomic E-state index is 0.0703. The van der Waals surface area contributed by atoms with E-state index >= 15 is 0 Å². The van der Waals surface area contributed by atoms with Crippen LogP contribution in [0, 0.1) is 6.92 Å². The molecule has 5 heteroatoms. The lowest BCUT2D eigenvalue weighted by molar-refractivity contribution is -0.141. The van der Waals surface area contributed by atoms with E-state index in [9.17, 15) is 9.59 Å². The first-order chi connectivity index (χ1) is 13.8.